The third kappa shape index (κ3) is 3.37. The third-order valence-electron chi connectivity index (χ3n) is 7.29. The van der Waals surface area contributed by atoms with E-state index in [4.69, 9.17) is 14.2 Å². The molecule has 3 aromatic heterocycles. The summed E-state index contributed by atoms with van der Waals surface area (Å²) < 4.78 is 11.9. The number of aromatic amines is 1. The molecule has 4 aromatic rings. The molecule has 1 aliphatic heterocycles. The number of aliphatic hydroxyl groups is 1. The zero-order valence-corrected chi connectivity index (χ0v) is 20.1. The summed E-state index contributed by atoms with van der Waals surface area (Å²) in [5, 5.41) is 16.8. The molecule has 2 unspecified atom stereocenters. The number of nitrogens with one attached hydrogen (secondary N) is 1. The van der Waals surface area contributed by atoms with Gasteiger partial charge >= 0.3 is 0 Å². The van der Waals surface area contributed by atoms with Gasteiger partial charge in [-0.3, -0.25) is 4.98 Å². The number of benzene rings is 1. The molecule has 6 rings (SSSR count). The van der Waals surface area contributed by atoms with E-state index in [1.54, 1.807) is 6.20 Å². The van der Waals surface area contributed by atoms with Crippen molar-refractivity contribution in [2.24, 2.45) is 0 Å². The van der Waals surface area contributed by atoms with Crippen LogP contribution in [0.1, 0.15) is 74.0 Å². The first-order valence-corrected chi connectivity index (χ1v) is 12.1. The lowest BCUT2D eigenvalue weighted by atomic mass is 9.81. The molecule has 1 saturated carbocycles. The molecule has 7 heteroatoms. The lowest BCUT2D eigenvalue weighted by molar-refractivity contribution is -0.112. The number of nitrogens with zero attached hydrogens (tertiary/aromatic N) is 3. The van der Waals surface area contributed by atoms with Gasteiger partial charge in [0.25, 0.3) is 0 Å². The van der Waals surface area contributed by atoms with Gasteiger partial charge in [0.05, 0.1) is 34.1 Å². The number of ether oxygens (including phenoxy) is 1. The van der Waals surface area contributed by atoms with Crippen LogP contribution in [0, 0.1) is 13.8 Å². The maximum Gasteiger partial charge on any atom is 0.160 e. The van der Waals surface area contributed by atoms with Gasteiger partial charge in [-0.25, -0.2) is 4.98 Å². The van der Waals surface area contributed by atoms with Crippen LogP contribution in [0.15, 0.2) is 41.1 Å². The smallest absolute Gasteiger partial charge is 0.160 e. The minimum absolute atomic E-state index is 0.323. The minimum Gasteiger partial charge on any atom is -0.376 e. The van der Waals surface area contributed by atoms with E-state index in [1.165, 1.54) is 0 Å². The molecule has 7 nitrogen and oxygen atoms in total. The molecule has 0 spiro atoms. The van der Waals surface area contributed by atoms with Crippen molar-refractivity contribution in [2.45, 2.75) is 76.6 Å². The summed E-state index contributed by atoms with van der Waals surface area (Å²) >= 11 is 0. The molecule has 2 atom stereocenters. The Morgan fingerprint density at radius 2 is 1.97 bits per heavy atom. The molecule has 1 aromatic carbocycles. The van der Waals surface area contributed by atoms with Gasteiger partial charge in [-0.1, -0.05) is 11.2 Å². The molecule has 4 heterocycles. The second-order valence-electron chi connectivity index (χ2n) is 10.4. The van der Waals surface area contributed by atoms with E-state index in [0.29, 0.717) is 17.2 Å². The summed E-state index contributed by atoms with van der Waals surface area (Å²) in [6.45, 7) is 7.99. The van der Waals surface area contributed by atoms with Gasteiger partial charge in [-0.05, 0) is 83.2 Å². The van der Waals surface area contributed by atoms with Gasteiger partial charge in [0.2, 0.25) is 0 Å². The van der Waals surface area contributed by atoms with Crippen LogP contribution in [0.4, 0.5) is 0 Å². The van der Waals surface area contributed by atoms with Crippen LogP contribution in [0.25, 0.3) is 22.2 Å². The molecule has 1 aliphatic carbocycles. The van der Waals surface area contributed by atoms with Gasteiger partial charge in [0, 0.05) is 23.2 Å². The maximum atomic E-state index is 12.6. The summed E-state index contributed by atoms with van der Waals surface area (Å²) in [4.78, 5) is 13.1. The Bertz CT molecular complexity index is 1350. The summed E-state index contributed by atoms with van der Waals surface area (Å²) in [6, 6.07) is 9.75. The van der Waals surface area contributed by atoms with Crippen LogP contribution in [0.3, 0.4) is 0 Å². The highest BCUT2D eigenvalue weighted by atomic mass is 16.5. The Balaban J connectivity index is 1.64. The molecule has 2 N–H and O–H groups in total. The molecule has 34 heavy (non-hydrogen) atoms. The molecule has 0 radical (unpaired) electrons. The average Bonchev–Trinajstić information content (AvgIpc) is 3.35. The van der Waals surface area contributed by atoms with Crippen LogP contribution in [0.2, 0.25) is 0 Å². The van der Waals surface area contributed by atoms with E-state index in [0.717, 1.165) is 65.1 Å². The third-order valence-corrected chi connectivity index (χ3v) is 7.29. The molecule has 1 saturated heterocycles. The van der Waals surface area contributed by atoms with E-state index in [2.05, 4.69) is 35.0 Å². The Hall–Kier alpha value is -3.03. The largest absolute Gasteiger partial charge is 0.376 e. The van der Waals surface area contributed by atoms with E-state index in [1.807, 2.05) is 38.1 Å². The first-order valence-electron chi connectivity index (χ1n) is 12.1. The van der Waals surface area contributed by atoms with Gasteiger partial charge in [-0.2, -0.15) is 0 Å². The second-order valence-corrected chi connectivity index (χ2v) is 10.4. The van der Waals surface area contributed by atoms with Gasteiger partial charge in [0.15, 0.2) is 5.60 Å². The fourth-order valence-electron chi connectivity index (χ4n) is 5.36. The number of hydrogen-bond donors (Lipinski definition) is 2. The Kier molecular flexibility index (Phi) is 4.73. The number of aromatic nitrogens is 4. The van der Waals surface area contributed by atoms with E-state index in [-0.39, 0.29) is 5.60 Å². The lowest BCUT2D eigenvalue weighted by Gasteiger charge is -2.35. The average molecular weight is 459 g/mol. The fraction of sp³-hybridized carbons (Fsp3) is 0.444. The van der Waals surface area contributed by atoms with Crippen molar-refractivity contribution in [3.63, 3.8) is 0 Å². The number of H-pyrrole nitrogens is 1. The quantitative estimate of drug-likeness (QED) is 0.421. The van der Waals surface area contributed by atoms with Crippen LogP contribution >= 0.6 is 0 Å². The highest BCUT2D eigenvalue weighted by Gasteiger charge is 2.50. The highest BCUT2D eigenvalue weighted by Crippen LogP contribution is 2.47. The molecule has 2 aliphatic rings. The molecule has 0 bridgehead atoms. The monoisotopic (exact) mass is 458 g/mol. The first-order chi connectivity index (χ1) is 16.3. The normalized spacial score (nSPS) is 21.7. The van der Waals surface area contributed by atoms with Crippen LogP contribution in [-0.4, -0.2) is 36.9 Å². The molecule has 2 fully saturated rings. The molecule has 0 amide bonds. The van der Waals surface area contributed by atoms with Crippen molar-refractivity contribution >= 4 is 11.0 Å². The molecular formula is C27H30N4O3. The fourth-order valence-corrected chi connectivity index (χ4v) is 5.36. The second kappa shape index (κ2) is 7.48. The predicted molar refractivity (Wildman–Crippen MR) is 128 cm³/mol. The summed E-state index contributed by atoms with van der Waals surface area (Å²) in [7, 11) is 0. The Morgan fingerprint density at radius 3 is 2.59 bits per heavy atom. The van der Waals surface area contributed by atoms with Crippen LogP contribution in [-0.2, 0) is 10.3 Å². The Labute approximate surface area is 198 Å². The summed E-state index contributed by atoms with van der Waals surface area (Å²) in [6.07, 6.45) is 5.11. The van der Waals surface area contributed by atoms with E-state index >= 15 is 0 Å². The number of fused-ring (bicyclic) bond motifs is 1. The first kappa shape index (κ1) is 21.5. The van der Waals surface area contributed by atoms with E-state index < -0.39 is 11.7 Å². The number of hydrogen-bond acceptors (Lipinski definition) is 6. The van der Waals surface area contributed by atoms with Crippen molar-refractivity contribution in [3.05, 3.63) is 65.1 Å². The van der Waals surface area contributed by atoms with Crippen LogP contribution < -0.4 is 0 Å². The Morgan fingerprint density at radius 1 is 1.15 bits per heavy atom. The van der Waals surface area contributed by atoms with Crippen molar-refractivity contribution in [2.75, 3.05) is 0 Å². The SMILES string of the molecule is Cc1noc(C)c1-c1cc(C(O)(c2ccccn2)C2CCC(C)(C)O2)c2nc(C3CC3)[nH]c2c1. The zero-order chi connectivity index (χ0) is 23.7. The van der Waals surface area contributed by atoms with Gasteiger partial charge < -0.3 is 19.4 Å². The number of imidazole rings is 1. The number of aryl methyl sites for hydroxylation is 2. The predicted octanol–water partition coefficient (Wildman–Crippen LogP) is 5.30. The number of rotatable bonds is 5. The summed E-state index contributed by atoms with van der Waals surface area (Å²) in [5.41, 5.74) is 3.78. The van der Waals surface area contributed by atoms with Crippen LogP contribution in [0.5, 0.6) is 0 Å². The lowest BCUT2D eigenvalue weighted by Crippen LogP contribution is -2.42. The maximum absolute atomic E-state index is 12.6. The van der Waals surface area contributed by atoms with E-state index in [9.17, 15) is 5.11 Å². The standard InChI is InChI=1S/C27H30N4O3/c1-15-23(16(2)34-31-15)18-13-19(24-20(14-18)29-25(30-24)17-8-9-17)27(32,21-7-5-6-12-28-21)22-10-11-26(3,4)33-22/h5-7,12-14,17,22,32H,8-11H2,1-4H3,(H,29,30). The van der Waals surface area contributed by atoms with Crippen molar-refractivity contribution in [1.82, 2.24) is 20.1 Å². The highest BCUT2D eigenvalue weighted by molar-refractivity contribution is 5.87. The summed E-state index contributed by atoms with van der Waals surface area (Å²) in [5.74, 6) is 2.17. The van der Waals surface area contributed by atoms with Crippen molar-refractivity contribution < 1.29 is 14.4 Å². The zero-order valence-electron chi connectivity index (χ0n) is 20.1. The van der Waals surface area contributed by atoms with Gasteiger partial charge in [-0.15, -0.1) is 0 Å². The molecule has 176 valence electrons. The van der Waals surface area contributed by atoms with Crippen molar-refractivity contribution in [3.8, 4) is 11.1 Å². The molecular weight excluding hydrogens is 428 g/mol. The van der Waals surface area contributed by atoms with Crippen molar-refractivity contribution in [1.29, 1.82) is 0 Å². The van der Waals surface area contributed by atoms with Gasteiger partial charge in [0.1, 0.15) is 11.6 Å². The topological polar surface area (TPSA) is 97.1 Å². The number of pyridine rings is 1. The minimum atomic E-state index is -1.47.